The van der Waals surface area contributed by atoms with E-state index >= 15 is 0 Å². The van der Waals surface area contributed by atoms with Crippen LogP contribution in [0.5, 0.6) is 5.75 Å². The third-order valence-corrected chi connectivity index (χ3v) is 5.35. The normalized spacial score (nSPS) is 19.2. The average Bonchev–Trinajstić information content (AvgIpc) is 3.28. The summed E-state index contributed by atoms with van der Waals surface area (Å²) in [6, 6.07) is 4.50. The molecule has 2 aromatic rings. The average molecular weight is 443 g/mol. The molecule has 170 valence electrons. The second kappa shape index (κ2) is 9.75. The van der Waals surface area contributed by atoms with E-state index in [0.717, 1.165) is 42.5 Å². The van der Waals surface area contributed by atoms with Gasteiger partial charge in [0.15, 0.2) is 11.6 Å². The van der Waals surface area contributed by atoms with Crippen LogP contribution in [0.15, 0.2) is 40.8 Å². The zero-order valence-electron chi connectivity index (χ0n) is 17.8. The molecule has 5 N–H and O–H groups in total. The van der Waals surface area contributed by atoms with Crippen molar-refractivity contribution in [3.63, 3.8) is 0 Å². The maximum atomic E-state index is 14.3. The Morgan fingerprint density at radius 2 is 2.06 bits per heavy atom. The van der Waals surface area contributed by atoms with E-state index in [1.54, 1.807) is 12.3 Å². The van der Waals surface area contributed by atoms with Crippen LogP contribution in [0.25, 0.3) is 0 Å². The quantitative estimate of drug-likeness (QED) is 0.245. The van der Waals surface area contributed by atoms with Gasteiger partial charge in [-0.25, -0.2) is 30.7 Å². The van der Waals surface area contributed by atoms with Crippen molar-refractivity contribution in [3.05, 3.63) is 42.0 Å². The van der Waals surface area contributed by atoms with E-state index in [0.29, 0.717) is 5.69 Å². The highest BCUT2D eigenvalue weighted by Gasteiger charge is 2.29. The van der Waals surface area contributed by atoms with Gasteiger partial charge >= 0.3 is 0 Å². The zero-order chi connectivity index (χ0) is 22.5. The second-order valence-corrected chi connectivity index (χ2v) is 7.72. The molecule has 2 aliphatic heterocycles. The van der Waals surface area contributed by atoms with Crippen molar-refractivity contribution in [2.45, 2.75) is 31.8 Å². The molecule has 3 heterocycles. The van der Waals surface area contributed by atoms with Crippen molar-refractivity contribution >= 4 is 24.2 Å². The number of hydrogen-bond acceptors (Lipinski definition) is 10. The number of piperidine rings is 1. The summed E-state index contributed by atoms with van der Waals surface area (Å²) in [5.74, 6) is 11.1. The second-order valence-electron chi connectivity index (χ2n) is 7.72. The number of benzene rings is 1. The molecule has 11 nitrogen and oxygen atoms in total. The summed E-state index contributed by atoms with van der Waals surface area (Å²) >= 11 is 0. The number of hydrogen-bond donors (Lipinski definition) is 3. The van der Waals surface area contributed by atoms with E-state index in [-0.39, 0.29) is 24.4 Å². The number of aryl methyl sites for hydroxylation is 1. The molecule has 1 aromatic heterocycles. The first-order valence-corrected chi connectivity index (χ1v) is 10.4. The fourth-order valence-electron chi connectivity index (χ4n) is 3.61. The summed E-state index contributed by atoms with van der Waals surface area (Å²) in [7, 11) is 0. The molecule has 32 heavy (non-hydrogen) atoms. The summed E-state index contributed by atoms with van der Waals surface area (Å²) in [5.41, 5.74) is 4.76. The lowest BCUT2D eigenvalue weighted by Crippen LogP contribution is -2.49. The van der Waals surface area contributed by atoms with Gasteiger partial charge in [-0.1, -0.05) is 0 Å². The van der Waals surface area contributed by atoms with Crippen molar-refractivity contribution in [2.24, 2.45) is 21.9 Å². The Morgan fingerprint density at radius 1 is 1.31 bits per heavy atom. The van der Waals surface area contributed by atoms with Crippen LogP contribution in [0, 0.1) is 12.7 Å². The minimum absolute atomic E-state index is 0.131. The Balaban J connectivity index is 1.24. The maximum absolute atomic E-state index is 14.3. The van der Waals surface area contributed by atoms with Crippen molar-refractivity contribution < 1.29 is 9.13 Å². The van der Waals surface area contributed by atoms with E-state index in [9.17, 15) is 4.39 Å². The van der Waals surface area contributed by atoms with Crippen molar-refractivity contribution in [2.75, 3.05) is 29.6 Å². The maximum Gasteiger partial charge on any atom is 0.225 e. The standard InChI is InChI=1S/C20H27FN10O/c1-14-9-24-20(25-10-14)29-6-4-16(5-7-29)31-27-11-15(28-31)12-32-19-3-2-17(8-18(19)21)30(23)13-26-22/h2-3,8-11,13,15-16,28H,4-7,12,22-23H2,1H3/b26-13-. The molecule has 0 aliphatic carbocycles. The predicted molar refractivity (Wildman–Crippen MR) is 120 cm³/mol. The molecular weight excluding hydrogens is 415 g/mol. The lowest BCUT2D eigenvalue weighted by molar-refractivity contribution is 0.108. The van der Waals surface area contributed by atoms with Crippen LogP contribution < -0.4 is 31.8 Å². The summed E-state index contributed by atoms with van der Waals surface area (Å²) < 4.78 is 20.0. The number of hydrazine groups is 2. The molecule has 2 aliphatic rings. The smallest absolute Gasteiger partial charge is 0.225 e. The van der Waals surface area contributed by atoms with E-state index in [2.05, 4.69) is 30.5 Å². The first kappa shape index (κ1) is 21.7. The predicted octanol–water partition coefficient (Wildman–Crippen LogP) is 0.729. The van der Waals surface area contributed by atoms with Crippen LogP contribution in [-0.2, 0) is 0 Å². The highest BCUT2D eigenvalue weighted by Crippen LogP contribution is 2.23. The molecule has 0 bridgehead atoms. The SMILES string of the molecule is Cc1cnc(N2CCC(N3N=CC(COc4ccc(N(N)/C=N\N)cc4F)N3)CC2)nc1. The first-order valence-electron chi connectivity index (χ1n) is 10.4. The van der Waals surface area contributed by atoms with E-state index in [1.165, 1.54) is 18.5 Å². The molecule has 0 radical (unpaired) electrons. The molecule has 1 saturated heterocycles. The highest BCUT2D eigenvalue weighted by atomic mass is 19.1. The molecular formula is C20H27FN10O. The number of nitrogens with zero attached hydrogens (tertiary/aromatic N) is 7. The van der Waals surface area contributed by atoms with Crippen molar-refractivity contribution in [1.82, 2.24) is 20.5 Å². The lowest BCUT2D eigenvalue weighted by atomic mass is 10.1. The molecule has 1 unspecified atom stereocenters. The fourth-order valence-corrected chi connectivity index (χ4v) is 3.61. The number of ether oxygens (including phenoxy) is 1. The Kier molecular flexibility index (Phi) is 6.61. The van der Waals surface area contributed by atoms with Crippen LogP contribution in [0.2, 0.25) is 0 Å². The molecule has 1 atom stereocenters. The molecule has 12 heteroatoms. The molecule has 4 rings (SSSR count). The molecule has 1 fully saturated rings. The van der Waals surface area contributed by atoms with Gasteiger partial charge in [0.25, 0.3) is 0 Å². The third-order valence-electron chi connectivity index (χ3n) is 5.35. The summed E-state index contributed by atoms with van der Waals surface area (Å²) in [4.78, 5) is 11.0. The van der Waals surface area contributed by atoms with Gasteiger partial charge in [-0.05, 0) is 37.5 Å². The monoisotopic (exact) mass is 442 g/mol. The molecule has 1 aromatic carbocycles. The van der Waals surface area contributed by atoms with Crippen LogP contribution in [0.1, 0.15) is 18.4 Å². The van der Waals surface area contributed by atoms with E-state index in [4.69, 9.17) is 16.4 Å². The summed E-state index contributed by atoms with van der Waals surface area (Å²) in [5, 5.41) is 10.8. The van der Waals surface area contributed by atoms with Gasteiger partial charge in [0.05, 0.1) is 17.8 Å². The van der Waals surface area contributed by atoms with E-state index < -0.39 is 5.82 Å². The highest BCUT2D eigenvalue weighted by molar-refractivity contribution is 5.77. The Labute approximate surface area is 185 Å². The molecule has 0 saturated carbocycles. The van der Waals surface area contributed by atoms with Gasteiger partial charge in [-0.3, -0.25) is 5.01 Å². The topological polar surface area (TPSA) is 134 Å². The van der Waals surface area contributed by atoms with Gasteiger partial charge in [-0.15, -0.1) is 0 Å². The van der Waals surface area contributed by atoms with Gasteiger partial charge in [0.1, 0.15) is 12.9 Å². The van der Waals surface area contributed by atoms with E-state index in [1.807, 2.05) is 24.4 Å². The number of rotatable bonds is 7. The number of anilines is 2. The third kappa shape index (κ3) is 5.03. The van der Waals surface area contributed by atoms with Gasteiger partial charge in [-0.2, -0.15) is 10.2 Å². The van der Waals surface area contributed by atoms with Gasteiger partial charge in [0, 0.05) is 37.8 Å². The fraction of sp³-hybridized carbons (Fsp3) is 0.400. The van der Waals surface area contributed by atoms with Crippen molar-refractivity contribution in [3.8, 4) is 5.75 Å². The number of nitrogens with two attached hydrogens (primary N) is 2. The minimum atomic E-state index is -0.527. The zero-order valence-corrected chi connectivity index (χ0v) is 17.8. The number of nitrogens with one attached hydrogen (secondary N) is 1. The van der Waals surface area contributed by atoms with Crippen LogP contribution in [-0.4, -0.2) is 59.4 Å². The number of hydrazone groups is 2. The minimum Gasteiger partial charge on any atom is -0.488 e. The Hall–Kier alpha value is -3.51. The van der Waals surface area contributed by atoms with Crippen LogP contribution in [0.4, 0.5) is 16.0 Å². The Morgan fingerprint density at radius 3 is 2.75 bits per heavy atom. The van der Waals surface area contributed by atoms with Crippen molar-refractivity contribution in [1.29, 1.82) is 0 Å². The first-order chi connectivity index (χ1) is 15.5. The summed E-state index contributed by atoms with van der Waals surface area (Å²) in [6.45, 7) is 3.92. The van der Waals surface area contributed by atoms with Gasteiger partial charge < -0.3 is 15.5 Å². The lowest BCUT2D eigenvalue weighted by Gasteiger charge is -2.35. The molecule has 0 amide bonds. The Bertz CT molecular complexity index is 961. The number of aromatic nitrogens is 2. The largest absolute Gasteiger partial charge is 0.488 e. The summed E-state index contributed by atoms with van der Waals surface area (Å²) in [6.07, 6.45) is 8.48. The van der Waals surface area contributed by atoms with Crippen LogP contribution >= 0.6 is 0 Å². The van der Waals surface area contributed by atoms with Gasteiger partial charge in [0.2, 0.25) is 5.95 Å². The van der Waals surface area contributed by atoms with Crippen LogP contribution in [0.3, 0.4) is 0 Å². The molecule has 0 spiro atoms. The number of halogens is 1.